The molecule has 1 saturated carbocycles. The van der Waals surface area contributed by atoms with Crippen molar-refractivity contribution >= 4 is 27.0 Å². The smallest absolute Gasteiger partial charge is 0.198 e. The lowest BCUT2D eigenvalue weighted by molar-refractivity contribution is 0.474. The van der Waals surface area contributed by atoms with Crippen LogP contribution in [0.25, 0.3) is 11.1 Å². The van der Waals surface area contributed by atoms with E-state index in [2.05, 4.69) is 33.9 Å². The lowest BCUT2D eigenvalue weighted by atomic mass is 10.1. The number of aryl methyl sites for hydroxylation is 1. The van der Waals surface area contributed by atoms with E-state index >= 15 is 0 Å². The van der Waals surface area contributed by atoms with Gasteiger partial charge in [0.25, 0.3) is 0 Å². The Bertz CT molecular complexity index is 487. The van der Waals surface area contributed by atoms with E-state index in [-0.39, 0.29) is 0 Å². The first-order valence-corrected chi connectivity index (χ1v) is 6.60. The van der Waals surface area contributed by atoms with Gasteiger partial charge in [-0.2, -0.15) is 0 Å². The van der Waals surface area contributed by atoms with Gasteiger partial charge in [-0.1, -0.05) is 28.8 Å². The van der Waals surface area contributed by atoms with Gasteiger partial charge in [-0.3, -0.25) is 0 Å². The maximum Gasteiger partial charge on any atom is 0.198 e. The summed E-state index contributed by atoms with van der Waals surface area (Å²) in [6, 6.07) is 4.11. The van der Waals surface area contributed by atoms with Crippen LogP contribution in [0.3, 0.4) is 0 Å². The van der Waals surface area contributed by atoms with Crippen LogP contribution in [0.2, 0.25) is 0 Å². The molecule has 3 rings (SSSR count). The molecule has 0 saturated heterocycles. The van der Waals surface area contributed by atoms with E-state index in [0.717, 1.165) is 21.5 Å². The van der Waals surface area contributed by atoms with E-state index in [9.17, 15) is 0 Å². The average Bonchev–Trinajstić information content (AvgIpc) is 2.86. The molecule has 1 aromatic carbocycles. The first-order chi connectivity index (χ1) is 7.74. The number of aromatic nitrogens is 1. The SMILES string of the molecule is Cc1cc2nc(C3CCCC3)oc2cc1Br. The van der Waals surface area contributed by atoms with Crippen LogP contribution in [-0.4, -0.2) is 4.98 Å². The molecule has 0 unspecified atom stereocenters. The summed E-state index contributed by atoms with van der Waals surface area (Å²) in [4.78, 5) is 4.61. The molecule has 1 aliphatic carbocycles. The Kier molecular flexibility index (Phi) is 2.51. The molecule has 2 aromatic rings. The highest BCUT2D eigenvalue weighted by Gasteiger charge is 2.22. The largest absolute Gasteiger partial charge is 0.440 e. The summed E-state index contributed by atoms with van der Waals surface area (Å²) in [5.74, 6) is 1.48. The van der Waals surface area contributed by atoms with Crippen LogP contribution in [0.4, 0.5) is 0 Å². The molecule has 1 fully saturated rings. The van der Waals surface area contributed by atoms with Crippen molar-refractivity contribution in [3.8, 4) is 0 Å². The van der Waals surface area contributed by atoms with Gasteiger partial charge in [0.05, 0.1) is 0 Å². The molecular formula is C13H14BrNO. The minimum Gasteiger partial charge on any atom is -0.440 e. The molecule has 16 heavy (non-hydrogen) atoms. The maximum absolute atomic E-state index is 5.85. The van der Waals surface area contributed by atoms with Crippen molar-refractivity contribution in [2.24, 2.45) is 0 Å². The Labute approximate surface area is 103 Å². The second kappa shape index (κ2) is 3.88. The first-order valence-electron chi connectivity index (χ1n) is 5.80. The van der Waals surface area contributed by atoms with Crippen LogP contribution < -0.4 is 0 Å². The maximum atomic E-state index is 5.85. The molecule has 1 aliphatic rings. The Hall–Kier alpha value is -0.830. The van der Waals surface area contributed by atoms with Crippen molar-refractivity contribution < 1.29 is 4.42 Å². The van der Waals surface area contributed by atoms with Crippen LogP contribution in [-0.2, 0) is 0 Å². The molecular weight excluding hydrogens is 266 g/mol. The molecule has 2 nitrogen and oxygen atoms in total. The van der Waals surface area contributed by atoms with Crippen molar-refractivity contribution in [1.82, 2.24) is 4.98 Å². The van der Waals surface area contributed by atoms with E-state index in [0.29, 0.717) is 5.92 Å². The minimum absolute atomic E-state index is 0.548. The minimum atomic E-state index is 0.548. The number of hydrogen-bond donors (Lipinski definition) is 0. The molecule has 0 amide bonds. The second-order valence-corrected chi connectivity index (χ2v) is 5.46. The van der Waals surface area contributed by atoms with Crippen LogP contribution >= 0.6 is 15.9 Å². The molecule has 0 atom stereocenters. The number of benzene rings is 1. The first kappa shape index (κ1) is 10.3. The zero-order valence-corrected chi connectivity index (χ0v) is 10.9. The quantitative estimate of drug-likeness (QED) is 0.765. The van der Waals surface area contributed by atoms with Gasteiger partial charge in [-0.25, -0.2) is 4.98 Å². The summed E-state index contributed by atoms with van der Waals surface area (Å²) < 4.78 is 6.94. The van der Waals surface area contributed by atoms with E-state index < -0.39 is 0 Å². The van der Waals surface area contributed by atoms with Gasteiger partial charge >= 0.3 is 0 Å². The van der Waals surface area contributed by atoms with E-state index in [1.807, 2.05) is 6.07 Å². The van der Waals surface area contributed by atoms with Crippen molar-refractivity contribution in [1.29, 1.82) is 0 Å². The topological polar surface area (TPSA) is 26.0 Å². The van der Waals surface area contributed by atoms with E-state index in [1.54, 1.807) is 0 Å². The Morgan fingerprint density at radius 1 is 1.31 bits per heavy atom. The van der Waals surface area contributed by atoms with E-state index in [4.69, 9.17) is 4.42 Å². The predicted octanol–water partition coefficient (Wildman–Crippen LogP) is 4.56. The Morgan fingerprint density at radius 2 is 2.06 bits per heavy atom. The third-order valence-corrected chi connectivity index (χ3v) is 4.24. The number of fused-ring (bicyclic) bond motifs is 1. The third kappa shape index (κ3) is 1.67. The summed E-state index contributed by atoms with van der Waals surface area (Å²) in [6.45, 7) is 2.08. The van der Waals surface area contributed by atoms with Crippen LogP contribution in [0, 0.1) is 6.92 Å². The van der Waals surface area contributed by atoms with Crippen LogP contribution in [0.1, 0.15) is 43.1 Å². The summed E-state index contributed by atoms with van der Waals surface area (Å²) in [6.07, 6.45) is 5.08. The fourth-order valence-corrected chi connectivity index (χ4v) is 2.74. The van der Waals surface area contributed by atoms with Gasteiger partial charge in [-0.15, -0.1) is 0 Å². The molecule has 0 N–H and O–H groups in total. The number of rotatable bonds is 1. The predicted molar refractivity (Wildman–Crippen MR) is 67.7 cm³/mol. The Balaban J connectivity index is 2.08. The van der Waals surface area contributed by atoms with Gasteiger partial charge in [-0.05, 0) is 37.5 Å². The number of oxazole rings is 1. The zero-order chi connectivity index (χ0) is 11.1. The van der Waals surface area contributed by atoms with Crippen LogP contribution in [0.5, 0.6) is 0 Å². The van der Waals surface area contributed by atoms with Crippen molar-refractivity contribution in [2.45, 2.75) is 38.5 Å². The van der Waals surface area contributed by atoms with Crippen molar-refractivity contribution in [3.63, 3.8) is 0 Å². The molecule has 0 aliphatic heterocycles. The number of nitrogens with zero attached hydrogens (tertiary/aromatic N) is 1. The van der Waals surface area contributed by atoms with E-state index in [1.165, 1.54) is 31.2 Å². The average molecular weight is 280 g/mol. The summed E-state index contributed by atoms with van der Waals surface area (Å²) in [7, 11) is 0. The van der Waals surface area contributed by atoms with Crippen LogP contribution in [0.15, 0.2) is 21.0 Å². The molecule has 3 heteroatoms. The van der Waals surface area contributed by atoms with Crippen molar-refractivity contribution in [3.05, 3.63) is 28.1 Å². The normalized spacial score (nSPS) is 17.4. The highest BCUT2D eigenvalue weighted by atomic mass is 79.9. The number of hydrogen-bond acceptors (Lipinski definition) is 2. The standard InChI is InChI=1S/C13H14BrNO/c1-8-6-11-12(7-10(8)14)16-13(15-11)9-4-2-3-5-9/h6-7,9H,2-5H2,1H3. The van der Waals surface area contributed by atoms with Gasteiger partial charge in [0.2, 0.25) is 0 Å². The molecule has 1 aromatic heterocycles. The lowest BCUT2D eigenvalue weighted by Gasteiger charge is -2.00. The van der Waals surface area contributed by atoms with Gasteiger partial charge in [0, 0.05) is 10.4 Å². The van der Waals surface area contributed by atoms with Gasteiger partial charge in [0.1, 0.15) is 5.52 Å². The number of halogens is 1. The highest BCUT2D eigenvalue weighted by Crippen LogP contribution is 2.35. The highest BCUT2D eigenvalue weighted by molar-refractivity contribution is 9.10. The van der Waals surface area contributed by atoms with Crippen molar-refractivity contribution in [2.75, 3.05) is 0 Å². The molecule has 0 bridgehead atoms. The summed E-state index contributed by atoms with van der Waals surface area (Å²) in [5.41, 5.74) is 3.10. The molecule has 84 valence electrons. The molecule has 1 heterocycles. The fourth-order valence-electron chi connectivity index (χ4n) is 2.42. The fraction of sp³-hybridized carbons (Fsp3) is 0.462. The molecule has 0 radical (unpaired) electrons. The van der Waals surface area contributed by atoms with Gasteiger partial charge < -0.3 is 4.42 Å². The monoisotopic (exact) mass is 279 g/mol. The molecule has 0 spiro atoms. The third-order valence-electron chi connectivity index (χ3n) is 3.39. The summed E-state index contributed by atoms with van der Waals surface area (Å²) >= 11 is 3.52. The lowest BCUT2D eigenvalue weighted by Crippen LogP contribution is -1.90. The second-order valence-electron chi connectivity index (χ2n) is 4.60. The Morgan fingerprint density at radius 3 is 2.81 bits per heavy atom. The van der Waals surface area contributed by atoms with Gasteiger partial charge in [0.15, 0.2) is 11.5 Å². The summed E-state index contributed by atoms with van der Waals surface area (Å²) in [5, 5.41) is 0. The zero-order valence-electron chi connectivity index (χ0n) is 9.29.